The predicted molar refractivity (Wildman–Crippen MR) is 91.9 cm³/mol. The second-order valence-corrected chi connectivity index (χ2v) is 7.69. The predicted octanol–water partition coefficient (Wildman–Crippen LogP) is 2.98. The first-order valence-electron chi connectivity index (χ1n) is 7.88. The summed E-state index contributed by atoms with van der Waals surface area (Å²) in [6, 6.07) is 12.9. The number of aryl methyl sites for hydroxylation is 1. The molecule has 2 aromatic carbocycles. The molecule has 0 N–H and O–H groups in total. The summed E-state index contributed by atoms with van der Waals surface area (Å²) in [6.07, 6.45) is 0.638. The summed E-state index contributed by atoms with van der Waals surface area (Å²) in [5.74, 6) is 1.52. The number of para-hydroxylation sites is 1. The molecule has 24 heavy (non-hydrogen) atoms. The van der Waals surface area contributed by atoms with E-state index in [1.165, 1.54) is 4.31 Å². The van der Waals surface area contributed by atoms with Crippen LogP contribution in [0.15, 0.2) is 47.4 Å². The summed E-state index contributed by atoms with van der Waals surface area (Å²) in [5, 5.41) is 0. The number of sulfonamides is 1. The van der Waals surface area contributed by atoms with E-state index in [1.54, 1.807) is 25.3 Å². The second-order valence-electron chi connectivity index (χ2n) is 5.78. The summed E-state index contributed by atoms with van der Waals surface area (Å²) in [7, 11) is -1.83. The molecule has 3 rings (SSSR count). The van der Waals surface area contributed by atoms with Crippen LogP contribution in [0.4, 0.5) is 0 Å². The molecule has 0 bridgehead atoms. The summed E-state index contributed by atoms with van der Waals surface area (Å²) in [6.45, 7) is 3.30. The van der Waals surface area contributed by atoms with Crippen molar-refractivity contribution in [1.82, 2.24) is 4.31 Å². The molecule has 0 aromatic heterocycles. The fraction of sp³-hybridized carbons (Fsp3) is 0.333. The topological polar surface area (TPSA) is 55.8 Å². The van der Waals surface area contributed by atoms with Gasteiger partial charge >= 0.3 is 0 Å². The molecule has 128 valence electrons. The third-order valence-electron chi connectivity index (χ3n) is 4.14. The van der Waals surface area contributed by atoms with Gasteiger partial charge in [0.05, 0.1) is 18.6 Å². The van der Waals surface area contributed by atoms with Crippen molar-refractivity contribution >= 4 is 10.0 Å². The van der Waals surface area contributed by atoms with E-state index >= 15 is 0 Å². The van der Waals surface area contributed by atoms with Gasteiger partial charge in [-0.25, -0.2) is 8.42 Å². The van der Waals surface area contributed by atoms with E-state index in [2.05, 4.69) is 0 Å². The highest BCUT2D eigenvalue weighted by Crippen LogP contribution is 2.32. The monoisotopic (exact) mass is 347 g/mol. The molecule has 0 unspecified atom stereocenters. The fourth-order valence-corrected chi connectivity index (χ4v) is 4.46. The lowest BCUT2D eigenvalue weighted by Gasteiger charge is -2.15. The highest BCUT2D eigenvalue weighted by atomic mass is 32.2. The zero-order valence-electron chi connectivity index (χ0n) is 13.9. The van der Waals surface area contributed by atoms with Crippen LogP contribution in [-0.4, -0.2) is 33.0 Å². The van der Waals surface area contributed by atoms with Gasteiger partial charge in [0, 0.05) is 13.1 Å². The minimum Gasteiger partial charge on any atom is -0.497 e. The van der Waals surface area contributed by atoms with Crippen LogP contribution in [0.1, 0.15) is 17.5 Å². The zero-order valence-corrected chi connectivity index (χ0v) is 14.7. The molecular formula is C18H21NO4S. The van der Waals surface area contributed by atoms with Crippen molar-refractivity contribution < 1.29 is 17.9 Å². The highest BCUT2D eigenvalue weighted by Gasteiger charge is 2.34. The van der Waals surface area contributed by atoms with Gasteiger partial charge in [-0.2, -0.15) is 4.31 Å². The summed E-state index contributed by atoms with van der Waals surface area (Å²) in [4.78, 5) is 0.378. The Morgan fingerprint density at radius 1 is 1.17 bits per heavy atom. The quantitative estimate of drug-likeness (QED) is 0.754. The average molecular weight is 347 g/mol. The van der Waals surface area contributed by atoms with Crippen LogP contribution in [-0.2, 0) is 16.6 Å². The van der Waals surface area contributed by atoms with E-state index in [4.69, 9.17) is 9.47 Å². The first kappa shape index (κ1) is 16.8. The molecule has 0 fully saturated rings. The smallest absolute Gasteiger partial charge is 0.243 e. The zero-order chi connectivity index (χ0) is 17.2. The van der Waals surface area contributed by atoms with Crippen molar-refractivity contribution in [2.45, 2.75) is 24.8 Å². The van der Waals surface area contributed by atoms with E-state index < -0.39 is 10.0 Å². The van der Waals surface area contributed by atoms with Crippen LogP contribution in [0.5, 0.6) is 11.5 Å². The van der Waals surface area contributed by atoms with Gasteiger partial charge in [0.1, 0.15) is 11.5 Å². The normalized spacial score (nSPS) is 15.9. The fourth-order valence-electron chi connectivity index (χ4n) is 2.81. The molecule has 1 aliphatic heterocycles. The number of nitrogens with zero attached hydrogens (tertiary/aromatic N) is 1. The van der Waals surface area contributed by atoms with Crippen molar-refractivity contribution in [1.29, 1.82) is 0 Å². The lowest BCUT2D eigenvalue weighted by Crippen LogP contribution is -2.26. The standard InChI is InChI=1S/C18H21NO4S/c1-14-6-3-4-7-17(14)23-11-5-10-19-13-15-12-16(22-2)8-9-18(15)24(19,20)21/h3-4,6-9,12H,5,10-11,13H2,1-2H3. The number of hydrogen-bond acceptors (Lipinski definition) is 4. The Hall–Kier alpha value is -2.05. The van der Waals surface area contributed by atoms with Gasteiger partial charge in [-0.3, -0.25) is 0 Å². The number of hydrogen-bond donors (Lipinski definition) is 0. The number of benzene rings is 2. The Bertz CT molecular complexity index is 833. The summed E-state index contributed by atoms with van der Waals surface area (Å²) in [5.41, 5.74) is 1.86. The average Bonchev–Trinajstić information content (AvgIpc) is 2.83. The third kappa shape index (κ3) is 3.25. The second kappa shape index (κ2) is 6.83. The molecule has 5 nitrogen and oxygen atoms in total. The molecule has 0 saturated heterocycles. The first-order chi connectivity index (χ1) is 11.5. The number of rotatable bonds is 6. The molecular weight excluding hydrogens is 326 g/mol. The number of fused-ring (bicyclic) bond motifs is 1. The Labute approximate surface area is 142 Å². The van der Waals surface area contributed by atoms with Gasteiger partial charge in [-0.05, 0) is 48.7 Å². The van der Waals surface area contributed by atoms with Gasteiger partial charge in [-0.15, -0.1) is 0 Å². The highest BCUT2D eigenvalue weighted by molar-refractivity contribution is 7.89. The van der Waals surface area contributed by atoms with Crippen molar-refractivity contribution in [2.24, 2.45) is 0 Å². The first-order valence-corrected chi connectivity index (χ1v) is 9.32. The Morgan fingerprint density at radius 3 is 2.71 bits per heavy atom. The SMILES string of the molecule is COc1ccc2c(c1)CN(CCCOc1ccccc1C)S2(=O)=O. The van der Waals surface area contributed by atoms with Crippen molar-refractivity contribution in [3.8, 4) is 11.5 Å². The molecule has 2 aromatic rings. The Balaban J connectivity index is 1.60. The largest absolute Gasteiger partial charge is 0.497 e. The maximum absolute atomic E-state index is 12.5. The maximum atomic E-state index is 12.5. The molecule has 0 radical (unpaired) electrons. The Morgan fingerprint density at radius 2 is 1.96 bits per heavy atom. The van der Waals surface area contributed by atoms with Gasteiger partial charge in [0.25, 0.3) is 0 Å². The van der Waals surface area contributed by atoms with Gasteiger partial charge < -0.3 is 9.47 Å². The molecule has 0 saturated carbocycles. The van der Waals surface area contributed by atoms with Crippen LogP contribution in [0.2, 0.25) is 0 Å². The van der Waals surface area contributed by atoms with Gasteiger partial charge in [0.15, 0.2) is 0 Å². The number of ether oxygens (including phenoxy) is 2. The van der Waals surface area contributed by atoms with Crippen molar-refractivity contribution in [2.75, 3.05) is 20.3 Å². The molecule has 0 spiro atoms. The van der Waals surface area contributed by atoms with Gasteiger partial charge in [0.2, 0.25) is 10.0 Å². The molecule has 1 aliphatic rings. The molecule has 1 heterocycles. The lowest BCUT2D eigenvalue weighted by atomic mass is 10.2. The van der Waals surface area contributed by atoms with E-state index in [1.807, 2.05) is 31.2 Å². The van der Waals surface area contributed by atoms with Crippen LogP contribution in [0, 0.1) is 6.92 Å². The lowest BCUT2D eigenvalue weighted by molar-refractivity contribution is 0.287. The van der Waals surface area contributed by atoms with E-state index in [9.17, 15) is 8.42 Å². The number of methoxy groups -OCH3 is 1. The van der Waals surface area contributed by atoms with Crippen molar-refractivity contribution in [3.63, 3.8) is 0 Å². The van der Waals surface area contributed by atoms with Crippen LogP contribution in [0.25, 0.3) is 0 Å². The van der Waals surface area contributed by atoms with E-state index in [0.717, 1.165) is 16.9 Å². The summed E-state index contributed by atoms with van der Waals surface area (Å²) >= 11 is 0. The van der Waals surface area contributed by atoms with Crippen LogP contribution < -0.4 is 9.47 Å². The van der Waals surface area contributed by atoms with E-state index in [-0.39, 0.29) is 0 Å². The van der Waals surface area contributed by atoms with Crippen LogP contribution in [0.3, 0.4) is 0 Å². The molecule has 0 amide bonds. The molecule has 6 heteroatoms. The molecule has 0 aliphatic carbocycles. The van der Waals surface area contributed by atoms with Gasteiger partial charge in [-0.1, -0.05) is 18.2 Å². The maximum Gasteiger partial charge on any atom is 0.243 e. The minimum absolute atomic E-state index is 0.378. The Kier molecular flexibility index (Phi) is 4.78. The summed E-state index contributed by atoms with van der Waals surface area (Å²) < 4.78 is 37.5. The minimum atomic E-state index is -3.40. The third-order valence-corrected chi connectivity index (χ3v) is 6.08. The van der Waals surface area contributed by atoms with Crippen LogP contribution >= 0.6 is 0 Å². The van der Waals surface area contributed by atoms with Crippen molar-refractivity contribution in [3.05, 3.63) is 53.6 Å². The van der Waals surface area contributed by atoms with E-state index in [0.29, 0.717) is 36.8 Å². The molecule has 0 atom stereocenters.